The summed E-state index contributed by atoms with van der Waals surface area (Å²) in [6.07, 6.45) is 0.155. The van der Waals surface area contributed by atoms with Crippen molar-refractivity contribution in [2.75, 3.05) is 12.8 Å². The molecule has 0 spiro atoms. The van der Waals surface area contributed by atoms with Crippen molar-refractivity contribution in [3.05, 3.63) is 69.8 Å². The second kappa shape index (κ2) is 9.44. The summed E-state index contributed by atoms with van der Waals surface area (Å²) in [4.78, 5) is 10.2. The summed E-state index contributed by atoms with van der Waals surface area (Å²) in [7, 11) is -3.69. The van der Waals surface area contributed by atoms with Gasteiger partial charge in [0.2, 0.25) is 0 Å². The number of nitrogens with one attached hydrogen (secondary N) is 1. The molecular weight excluding hydrogens is 406 g/mol. The molecule has 2 aromatic carbocycles. The highest BCUT2D eigenvalue weighted by Gasteiger charge is 2.18. The van der Waals surface area contributed by atoms with E-state index in [2.05, 4.69) is 5.32 Å². The Morgan fingerprint density at radius 2 is 1.82 bits per heavy atom. The third-order valence-corrected chi connectivity index (χ3v) is 4.28. The molecule has 3 N–H and O–H groups in total. The van der Waals surface area contributed by atoms with Crippen LogP contribution in [-0.2, 0) is 20.9 Å². The van der Waals surface area contributed by atoms with Crippen molar-refractivity contribution in [3.8, 4) is 5.75 Å². The van der Waals surface area contributed by atoms with Crippen molar-refractivity contribution in [3.63, 3.8) is 0 Å². The zero-order valence-corrected chi connectivity index (χ0v) is 16.5. The normalized spacial score (nSPS) is 12.2. The van der Waals surface area contributed by atoms with Gasteiger partial charge in [0.25, 0.3) is 15.8 Å². The van der Waals surface area contributed by atoms with Crippen molar-refractivity contribution in [2.45, 2.75) is 12.7 Å². The van der Waals surface area contributed by atoms with E-state index in [1.165, 1.54) is 12.1 Å². The van der Waals surface area contributed by atoms with Crippen LogP contribution in [0.5, 0.6) is 5.75 Å². The first-order valence-electron chi connectivity index (χ1n) is 8.02. The van der Waals surface area contributed by atoms with Crippen LogP contribution in [0.3, 0.4) is 0 Å². The molecular formula is C17H19N3O6S2. The smallest absolute Gasteiger partial charge is 0.269 e. The van der Waals surface area contributed by atoms with Crippen LogP contribution >= 0.6 is 12.2 Å². The number of nitrogens with two attached hydrogens (primary N) is 1. The summed E-state index contributed by atoms with van der Waals surface area (Å²) in [6.45, 7) is 0.314. The Hall–Kier alpha value is -2.76. The minimum absolute atomic E-state index is 0.00981. The molecule has 0 aliphatic heterocycles. The van der Waals surface area contributed by atoms with Gasteiger partial charge >= 0.3 is 0 Å². The lowest BCUT2D eigenvalue weighted by atomic mass is 10.1. The third-order valence-electron chi connectivity index (χ3n) is 3.56. The number of rotatable bonds is 9. The maximum absolute atomic E-state index is 11.5. The number of benzene rings is 2. The summed E-state index contributed by atoms with van der Waals surface area (Å²) in [5, 5.41) is 13.4. The highest BCUT2D eigenvalue weighted by molar-refractivity contribution is 7.86. The standard InChI is InChI=1S/C17H19N3O6S2/c1-28(23,24)26-16(10-19-17(18)27)13-4-8-15(9-5-13)25-11-12-2-6-14(7-3-12)20(21)22/h2-9,16H,10-11H2,1H3,(H3,18,19,27). The average molecular weight is 425 g/mol. The van der Waals surface area contributed by atoms with Crippen LogP contribution in [0.4, 0.5) is 5.69 Å². The molecule has 0 amide bonds. The molecule has 9 nitrogen and oxygen atoms in total. The molecule has 0 aliphatic rings. The number of nitrogens with zero attached hydrogens (tertiary/aromatic N) is 1. The first-order chi connectivity index (χ1) is 13.1. The second-order valence-corrected chi connectivity index (χ2v) is 7.86. The Bertz CT molecular complexity index is 930. The fraction of sp³-hybridized carbons (Fsp3) is 0.235. The van der Waals surface area contributed by atoms with Gasteiger partial charge in [-0.25, -0.2) is 0 Å². The van der Waals surface area contributed by atoms with E-state index in [0.29, 0.717) is 11.3 Å². The van der Waals surface area contributed by atoms with Crippen LogP contribution in [0.15, 0.2) is 48.5 Å². The molecule has 11 heteroatoms. The van der Waals surface area contributed by atoms with Crippen molar-refractivity contribution in [1.29, 1.82) is 0 Å². The van der Waals surface area contributed by atoms with Gasteiger partial charge in [-0.2, -0.15) is 8.42 Å². The van der Waals surface area contributed by atoms with Gasteiger partial charge in [0.1, 0.15) is 18.5 Å². The van der Waals surface area contributed by atoms with Crippen LogP contribution in [0.25, 0.3) is 0 Å². The zero-order chi connectivity index (χ0) is 20.7. The van der Waals surface area contributed by atoms with E-state index in [4.69, 9.17) is 26.9 Å². The van der Waals surface area contributed by atoms with E-state index < -0.39 is 21.1 Å². The Labute approximate surface area is 167 Å². The van der Waals surface area contributed by atoms with Crippen LogP contribution < -0.4 is 15.8 Å². The van der Waals surface area contributed by atoms with Gasteiger partial charge in [-0.3, -0.25) is 14.3 Å². The summed E-state index contributed by atoms with van der Waals surface area (Å²) in [5.74, 6) is 0.544. The largest absolute Gasteiger partial charge is 0.489 e. The molecule has 1 atom stereocenters. The fourth-order valence-electron chi connectivity index (χ4n) is 2.27. The molecule has 0 aromatic heterocycles. The number of nitro benzene ring substituents is 1. The predicted octanol–water partition coefficient (Wildman–Crippen LogP) is 2.02. The topological polar surface area (TPSA) is 134 Å². The van der Waals surface area contributed by atoms with E-state index in [-0.39, 0.29) is 24.0 Å². The Morgan fingerprint density at radius 3 is 2.32 bits per heavy atom. The van der Waals surface area contributed by atoms with Crippen molar-refractivity contribution < 1.29 is 22.3 Å². The molecule has 0 saturated carbocycles. The number of nitro groups is 1. The van der Waals surface area contributed by atoms with Crippen LogP contribution in [0.1, 0.15) is 17.2 Å². The maximum Gasteiger partial charge on any atom is 0.269 e. The molecule has 1 unspecified atom stereocenters. The quantitative estimate of drug-likeness (QED) is 0.268. The maximum atomic E-state index is 11.5. The van der Waals surface area contributed by atoms with Gasteiger partial charge in [0, 0.05) is 18.7 Å². The van der Waals surface area contributed by atoms with Gasteiger partial charge in [0.15, 0.2) is 5.11 Å². The molecule has 150 valence electrons. The van der Waals surface area contributed by atoms with E-state index >= 15 is 0 Å². The van der Waals surface area contributed by atoms with Crippen LogP contribution in [0, 0.1) is 10.1 Å². The molecule has 2 aromatic rings. The molecule has 0 bridgehead atoms. The van der Waals surface area contributed by atoms with E-state index in [1.807, 2.05) is 0 Å². The van der Waals surface area contributed by atoms with Gasteiger partial charge < -0.3 is 15.8 Å². The van der Waals surface area contributed by atoms with E-state index in [9.17, 15) is 18.5 Å². The molecule has 0 heterocycles. The first-order valence-corrected chi connectivity index (χ1v) is 10.2. The Balaban J connectivity index is 2.03. The summed E-state index contributed by atoms with van der Waals surface area (Å²) >= 11 is 4.73. The zero-order valence-electron chi connectivity index (χ0n) is 14.9. The predicted molar refractivity (Wildman–Crippen MR) is 107 cm³/mol. The number of hydrogen-bond donors (Lipinski definition) is 2. The highest BCUT2D eigenvalue weighted by atomic mass is 32.2. The fourth-order valence-corrected chi connectivity index (χ4v) is 2.96. The number of hydrogen-bond acceptors (Lipinski definition) is 7. The van der Waals surface area contributed by atoms with Crippen molar-refractivity contribution in [1.82, 2.24) is 5.32 Å². The van der Waals surface area contributed by atoms with Gasteiger partial charge in [0.05, 0.1) is 11.2 Å². The van der Waals surface area contributed by atoms with Gasteiger partial charge in [-0.15, -0.1) is 0 Å². The summed E-state index contributed by atoms with van der Waals surface area (Å²) < 4.78 is 33.7. The highest BCUT2D eigenvalue weighted by Crippen LogP contribution is 2.23. The number of non-ortho nitro benzene ring substituents is 1. The molecule has 2 rings (SSSR count). The summed E-state index contributed by atoms with van der Waals surface area (Å²) in [6, 6.07) is 12.7. The second-order valence-electron chi connectivity index (χ2n) is 5.82. The van der Waals surface area contributed by atoms with Crippen LogP contribution in [0.2, 0.25) is 0 Å². The van der Waals surface area contributed by atoms with Gasteiger partial charge in [-0.1, -0.05) is 12.1 Å². The lowest BCUT2D eigenvalue weighted by molar-refractivity contribution is -0.384. The molecule has 0 fully saturated rings. The van der Waals surface area contributed by atoms with Gasteiger partial charge in [-0.05, 0) is 47.6 Å². The number of thiocarbonyl (C=S) groups is 1. The molecule has 0 saturated heterocycles. The SMILES string of the molecule is CS(=O)(=O)OC(CNC(N)=S)c1ccc(OCc2ccc([N+](=O)[O-])cc2)cc1. The molecule has 0 aliphatic carbocycles. The third kappa shape index (κ3) is 7.10. The lowest BCUT2D eigenvalue weighted by Crippen LogP contribution is -2.34. The van der Waals surface area contributed by atoms with Crippen LogP contribution in [-0.4, -0.2) is 31.3 Å². The summed E-state index contributed by atoms with van der Waals surface area (Å²) in [5.41, 5.74) is 6.76. The molecule has 28 heavy (non-hydrogen) atoms. The Kier molecular flexibility index (Phi) is 7.26. The number of ether oxygens (including phenoxy) is 1. The van der Waals surface area contributed by atoms with E-state index in [1.54, 1.807) is 36.4 Å². The monoisotopic (exact) mass is 425 g/mol. The first kappa shape index (κ1) is 21.5. The minimum Gasteiger partial charge on any atom is -0.489 e. The van der Waals surface area contributed by atoms with Crippen molar-refractivity contribution in [2.24, 2.45) is 5.73 Å². The molecule has 0 radical (unpaired) electrons. The minimum atomic E-state index is -3.69. The van der Waals surface area contributed by atoms with Crippen molar-refractivity contribution >= 4 is 33.1 Å². The van der Waals surface area contributed by atoms with E-state index in [0.717, 1.165) is 11.8 Å². The average Bonchev–Trinajstić information content (AvgIpc) is 2.63. The lowest BCUT2D eigenvalue weighted by Gasteiger charge is -2.18. The Morgan fingerprint density at radius 1 is 1.21 bits per heavy atom.